The number of carbonyl (C=O) groups excluding carboxylic acids is 2. The number of hydrogen-bond donors (Lipinski definition) is 0. The third-order valence-corrected chi connectivity index (χ3v) is 5.50. The zero-order valence-electron chi connectivity index (χ0n) is 15.8. The Bertz CT molecular complexity index is 1030. The number of hydrogen-bond acceptors (Lipinski definition) is 4. The minimum Gasteiger partial charge on any atom is -0.459 e. The summed E-state index contributed by atoms with van der Waals surface area (Å²) in [5.74, 6) is 0.141. The van der Waals surface area contributed by atoms with E-state index in [1.165, 1.54) is 6.26 Å². The number of amides is 2. The van der Waals surface area contributed by atoms with Crippen molar-refractivity contribution in [3.05, 3.63) is 57.8 Å². The van der Waals surface area contributed by atoms with Crippen molar-refractivity contribution in [2.45, 2.75) is 20.3 Å². The molecule has 146 valence electrons. The molecule has 0 atom stereocenters. The average Bonchev–Trinajstić information content (AvgIpc) is 3.35. The van der Waals surface area contributed by atoms with Gasteiger partial charge in [-0.15, -0.1) is 0 Å². The van der Waals surface area contributed by atoms with Gasteiger partial charge in [0.25, 0.3) is 11.8 Å². The summed E-state index contributed by atoms with van der Waals surface area (Å²) in [5, 5.41) is 0. The second kappa shape index (κ2) is 7.43. The third-order valence-electron chi connectivity index (χ3n) is 5.07. The lowest BCUT2D eigenvalue weighted by atomic mass is 10.2. The summed E-state index contributed by atoms with van der Waals surface area (Å²) >= 11 is 3.51. The van der Waals surface area contributed by atoms with Crippen molar-refractivity contribution in [3.63, 3.8) is 0 Å². The summed E-state index contributed by atoms with van der Waals surface area (Å²) in [6.07, 6.45) is 4.05. The number of furan rings is 1. The number of aryl methyl sites for hydroxylation is 2. The van der Waals surface area contributed by atoms with Crippen molar-refractivity contribution in [1.29, 1.82) is 0 Å². The molecular formula is C20H21BrN4O3. The fourth-order valence-electron chi connectivity index (χ4n) is 3.61. The first kappa shape index (κ1) is 18.7. The zero-order valence-corrected chi connectivity index (χ0v) is 17.4. The van der Waals surface area contributed by atoms with Crippen molar-refractivity contribution in [1.82, 2.24) is 19.2 Å². The van der Waals surface area contributed by atoms with Crippen LogP contribution in [0.2, 0.25) is 0 Å². The van der Waals surface area contributed by atoms with Crippen LogP contribution in [0.15, 0.2) is 39.5 Å². The molecular weight excluding hydrogens is 424 g/mol. The summed E-state index contributed by atoms with van der Waals surface area (Å²) in [6, 6.07) is 5.35. The first-order valence-electron chi connectivity index (χ1n) is 9.28. The lowest BCUT2D eigenvalue weighted by molar-refractivity contribution is 0.0514. The first-order valence-corrected chi connectivity index (χ1v) is 10.1. The number of rotatable bonds is 3. The summed E-state index contributed by atoms with van der Waals surface area (Å²) in [7, 11) is 0. The number of halogens is 1. The van der Waals surface area contributed by atoms with E-state index in [0.717, 1.165) is 21.4 Å². The van der Waals surface area contributed by atoms with Crippen LogP contribution in [-0.4, -0.2) is 57.2 Å². The molecule has 4 heterocycles. The number of aromatic nitrogens is 2. The molecule has 1 fully saturated rings. The minimum absolute atomic E-state index is 0.0491. The lowest BCUT2D eigenvalue weighted by Crippen LogP contribution is -2.50. The van der Waals surface area contributed by atoms with Gasteiger partial charge in [-0.2, -0.15) is 0 Å². The molecule has 0 spiro atoms. The normalized spacial score (nSPS) is 14.7. The molecule has 0 N–H and O–H groups in total. The Kier molecular flexibility index (Phi) is 4.97. The molecule has 0 aromatic carbocycles. The molecule has 4 rings (SSSR count). The van der Waals surface area contributed by atoms with E-state index in [2.05, 4.69) is 20.9 Å². The molecule has 8 heteroatoms. The Morgan fingerprint density at radius 3 is 2.46 bits per heavy atom. The van der Waals surface area contributed by atoms with Crippen LogP contribution in [0.5, 0.6) is 0 Å². The Balaban J connectivity index is 1.57. The standard InChI is InChI=1S/C20H21BrN4O3/c1-3-15-17(25-12-14(21)11-13(2)18(25)22-15)20(27)24-8-6-23(7-9-24)19(26)16-5-4-10-28-16/h4-5,10-12H,3,6-9H2,1-2H3. The summed E-state index contributed by atoms with van der Waals surface area (Å²) in [6.45, 7) is 5.91. The Morgan fingerprint density at radius 2 is 1.86 bits per heavy atom. The minimum atomic E-state index is -0.138. The average molecular weight is 445 g/mol. The van der Waals surface area contributed by atoms with Gasteiger partial charge in [-0.25, -0.2) is 4.98 Å². The second-order valence-corrected chi connectivity index (χ2v) is 7.77. The maximum absolute atomic E-state index is 13.3. The van der Waals surface area contributed by atoms with Gasteiger partial charge in [-0.3, -0.25) is 14.0 Å². The van der Waals surface area contributed by atoms with Gasteiger partial charge in [0.15, 0.2) is 5.76 Å². The topological polar surface area (TPSA) is 71.1 Å². The van der Waals surface area contributed by atoms with E-state index in [0.29, 0.717) is 44.1 Å². The van der Waals surface area contributed by atoms with E-state index in [4.69, 9.17) is 4.42 Å². The SMILES string of the molecule is CCc1nc2c(C)cc(Br)cn2c1C(=O)N1CCN(C(=O)c2ccco2)CC1. The van der Waals surface area contributed by atoms with Crippen LogP contribution in [-0.2, 0) is 6.42 Å². The van der Waals surface area contributed by atoms with Crippen LogP contribution < -0.4 is 0 Å². The largest absolute Gasteiger partial charge is 0.459 e. The fourth-order valence-corrected chi connectivity index (χ4v) is 4.16. The molecule has 7 nitrogen and oxygen atoms in total. The van der Waals surface area contributed by atoms with E-state index in [1.54, 1.807) is 21.9 Å². The highest BCUT2D eigenvalue weighted by Crippen LogP contribution is 2.23. The van der Waals surface area contributed by atoms with Gasteiger partial charge < -0.3 is 14.2 Å². The Morgan fingerprint density at radius 1 is 1.18 bits per heavy atom. The second-order valence-electron chi connectivity index (χ2n) is 6.86. The van der Waals surface area contributed by atoms with Crippen LogP contribution >= 0.6 is 15.9 Å². The van der Waals surface area contributed by atoms with Crippen molar-refractivity contribution >= 4 is 33.4 Å². The molecule has 0 bridgehead atoms. The van der Waals surface area contributed by atoms with Crippen LogP contribution in [0.3, 0.4) is 0 Å². The van der Waals surface area contributed by atoms with Crippen LogP contribution in [0, 0.1) is 6.92 Å². The lowest BCUT2D eigenvalue weighted by Gasteiger charge is -2.34. The first-order chi connectivity index (χ1) is 13.5. The molecule has 0 radical (unpaired) electrons. The van der Waals surface area contributed by atoms with Crippen molar-refractivity contribution in [3.8, 4) is 0 Å². The van der Waals surface area contributed by atoms with E-state index < -0.39 is 0 Å². The number of pyridine rings is 1. The molecule has 1 aliphatic heterocycles. The number of fused-ring (bicyclic) bond motifs is 1. The van der Waals surface area contributed by atoms with Gasteiger partial charge in [0.1, 0.15) is 11.3 Å². The monoisotopic (exact) mass is 444 g/mol. The molecule has 0 unspecified atom stereocenters. The maximum Gasteiger partial charge on any atom is 0.289 e. The molecule has 0 aliphatic carbocycles. The highest BCUT2D eigenvalue weighted by atomic mass is 79.9. The molecule has 2 amide bonds. The van der Waals surface area contributed by atoms with Crippen molar-refractivity contribution in [2.75, 3.05) is 26.2 Å². The van der Waals surface area contributed by atoms with Crippen LogP contribution in [0.25, 0.3) is 5.65 Å². The quantitative estimate of drug-likeness (QED) is 0.621. The molecule has 3 aromatic rings. The van der Waals surface area contributed by atoms with Gasteiger partial charge >= 0.3 is 0 Å². The van der Waals surface area contributed by atoms with Crippen molar-refractivity contribution in [2.24, 2.45) is 0 Å². The van der Waals surface area contributed by atoms with Crippen LogP contribution in [0.4, 0.5) is 0 Å². The van der Waals surface area contributed by atoms with Gasteiger partial charge in [0, 0.05) is 36.8 Å². The van der Waals surface area contributed by atoms with Crippen LogP contribution in [0.1, 0.15) is 39.2 Å². The van der Waals surface area contributed by atoms with Crippen molar-refractivity contribution < 1.29 is 14.0 Å². The van der Waals surface area contributed by atoms with E-state index in [-0.39, 0.29) is 11.8 Å². The highest BCUT2D eigenvalue weighted by Gasteiger charge is 2.29. The predicted octanol–water partition coefficient (Wildman–Crippen LogP) is 3.16. The molecule has 28 heavy (non-hydrogen) atoms. The number of carbonyl (C=O) groups is 2. The molecule has 1 saturated heterocycles. The zero-order chi connectivity index (χ0) is 19.8. The van der Waals surface area contributed by atoms with Gasteiger partial charge in [0.05, 0.1) is 12.0 Å². The van der Waals surface area contributed by atoms with Gasteiger partial charge in [-0.05, 0) is 53.0 Å². The maximum atomic E-state index is 13.3. The Labute approximate surface area is 171 Å². The number of piperazine rings is 1. The fraction of sp³-hybridized carbons (Fsp3) is 0.350. The Hall–Kier alpha value is -2.61. The van der Waals surface area contributed by atoms with E-state index >= 15 is 0 Å². The number of nitrogens with zero attached hydrogens (tertiary/aromatic N) is 4. The van der Waals surface area contributed by atoms with E-state index in [1.807, 2.05) is 30.5 Å². The summed E-state index contributed by atoms with van der Waals surface area (Å²) in [5.41, 5.74) is 3.21. The third kappa shape index (κ3) is 3.22. The predicted molar refractivity (Wildman–Crippen MR) is 108 cm³/mol. The van der Waals surface area contributed by atoms with Gasteiger partial charge in [0.2, 0.25) is 0 Å². The molecule has 0 saturated carbocycles. The molecule has 3 aromatic heterocycles. The smallest absolute Gasteiger partial charge is 0.289 e. The van der Waals surface area contributed by atoms with Gasteiger partial charge in [-0.1, -0.05) is 6.92 Å². The van der Waals surface area contributed by atoms with E-state index in [9.17, 15) is 9.59 Å². The summed E-state index contributed by atoms with van der Waals surface area (Å²) in [4.78, 5) is 33.9. The molecule has 1 aliphatic rings. The number of imidazole rings is 1. The highest BCUT2D eigenvalue weighted by molar-refractivity contribution is 9.10. The summed E-state index contributed by atoms with van der Waals surface area (Å²) < 4.78 is 7.97.